The van der Waals surface area contributed by atoms with Crippen LogP contribution in [-0.2, 0) is 11.2 Å². The van der Waals surface area contributed by atoms with E-state index in [0.29, 0.717) is 5.56 Å². The number of hydrogen-bond acceptors (Lipinski definition) is 2. The molecule has 0 saturated carbocycles. The Bertz CT molecular complexity index is 528. The van der Waals surface area contributed by atoms with Crippen LogP contribution in [-0.4, -0.2) is 5.91 Å². The number of nitrogens with one attached hydrogen (secondary N) is 2. The van der Waals surface area contributed by atoms with Crippen LogP contribution < -0.4 is 10.9 Å². The second kappa shape index (κ2) is 5.82. The molecule has 0 aromatic heterocycles. The Kier molecular flexibility index (Phi) is 3.91. The molecular formula is C14H13FN2O. The van der Waals surface area contributed by atoms with Crippen LogP contribution in [0.4, 0.5) is 10.1 Å². The van der Waals surface area contributed by atoms with Crippen molar-refractivity contribution in [3.8, 4) is 0 Å². The second-order valence-electron chi connectivity index (χ2n) is 3.81. The fourth-order valence-corrected chi connectivity index (χ4v) is 1.52. The minimum absolute atomic E-state index is 0.00646. The van der Waals surface area contributed by atoms with E-state index >= 15 is 0 Å². The summed E-state index contributed by atoms with van der Waals surface area (Å²) in [5.74, 6) is -0.656. The molecule has 0 bridgehead atoms. The number of anilines is 1. The maximum atomic E-state index is 13.3. The van der Waals surface area contributed by atoms with Crippen LogP contribution >= 0.6 is 0 Å². The lowest BCUT2D eigenvalue weighted by Crippen LogP contribution is -2.30. The summed E-state index contributed by atoms with van der Waals surface area (Å²) in [6, 6.07) is 15.5. The lowest BCUT2D eigenvalue weighted by molar-refractivity contribution is -0.120. The number of para-hydroxylation sites is 1. The van der Waals surface area contributed by atoms with Gasteiger partial charge >= 0.3 is 0 Å². The minimum atomic E-state index is -0.368. The van der Waals surface area contributed by atoms with Gasteiger partial charge in [0.2, 0.25) is 5.91 Å². The third-order valence-electron chi connectivity index (χ3n) is 2.43. The van der Waals surface area contributed by atoms with Crippen LogP contribution in [0.25, 0.3) is 0 Å². The molecule has 0 atom stereocenters. The van der Waals surface area contributed by atoms with E-state index in [0.717, 1.165) is 5.69 Å². The molecule has 0 radical (unpaired) electrons. The molecule has 18 heavy (non-hydrogen) atoms. The Morgan fingerprint density at radius 1 is 1.00 bits per heavy atom. The lowest BCUT2D eigenvalue weighted by atomic mass is 10.1. The van der Waals surface area contributed by atoms with Gasteiger partial charge in [-0.1, -0.05) is 36.4 Å². The Labute approximate surface area is 105 Å². The Balaban J connectivity index is 1.88. The number of hydrogen-bond donors (Lipinski definition) is 2. The molecule has 0 unspecified atom stereocenters. The summed E-state index contributed by atoms with van der Waals surface area (Å²) in [5, 5.41) is 0. The van der Waals surface area contributed by atoms with Gasteiger partial charge in [-0.3, -0.25) is 15.6 Å². The number of carbonyl (C=O) groups excluding carboxylic acids is 1. The van der Waals surface area contributed by atoms with Crippen molar-refractivity contribution in [3.05, 3.63) is 66.0 Å². The van der Waals surface area contributed by atoms with Crippen LogP contribution in [0.15, 0.2) is 54.6 Å². The largest absolute Gasteiger partial charge is 0.299 e. The molecule has 0 heterocycles. The lowest BCUT2D eigenvalue weighted by Gasteiger charge is -2.08. The summed E-state index contributed by atoms with van der Waals surface area (Å²) < 4.78 is 13.3. The van der Waals surface area contributed by atoms with Gasteiger partial charge in [-0.2, -0.15) is 0 Å². The molecule has 4 heteroatoms. The van der Waals surface area contributed by atoms with Gasteiger partial charge in [0.25, 0.3) is 0 Å². The molecule has 1 amide bonds. The molecule has 2 aromatic carbocycles. The average molecular weight is 244 g/mol. The number of halogens is 1. The summed E-state index contributed by atoms with van der Waals surface area (Å²) >= 11 is 0. The first kappa shape index (κ1) is 12.1. The van der Waals surface area contributed by atoms with Gasteiger partial charge in [-0.05, 0) is 23.8 Å². The maximum Gasteiger partial charge on any atom is 0.242 e. The SMILES string of the molecule is O=C(Cc1ccccc1F)NNc1ccccc1. The molecule has 0 aliphatic rings. The minimum Gasteiger partial charge on any atom is -0.299 e. The summed E-state index contributed by atoms with van der Waals surface area (Å²) in [4.78, 5) is 11.6. The molecular weight excluding hydrogens is 231 g/mol. The summed E-state index contributed by atoms with van der Waals surface area (Å²) in [6.07, 6.45) is 0.00646. The number of rotatable bonds is 4. The van der Waals surface area contributed by atoms with E-state index in [4.69, 9.17) is 0 Å². The quantitative estimate of drug-likeness (QED) is 0.811. The number of amides is 1. The summed E-state index contributed by atoms with van der Waals surface area (Å²) in [6.45, 7) is 0. The Morgan fingerprint density at radius 3 is 2.39 bits per heavy atom. The van der Waals surface area contributed by atoms with E-state index in [9.17, 15) is 9.18 Å². The van der Waals surface area contributed by atoms with Crippen molar-refractivity contribution in [2.45, 2.75) is 6.42 Å². The number of hydrazine groups is 1. The number of benzene rings is 2. The van der Waals surface area contributed by atoms with E-state index in [1.165, 1.54) is 6.07 Å². The van der Waals surface area contributed by atoms with Gasteiger partial charge in [-0.15, -0.1) is 0 Å². The van der Waals surface area contributed by atoms with Crippen molar-refractivity contribution < 1.29 is 9.18 Å². The zero-order valence-corrected chi connectivity index (χ0v) is 9.69. The van der Waals surface area contributed by atoms with Crippen molar-refractivity contribution in [1.29, 1.82) is 0 Å². The van der Waals surface area contributed by atoms with E-state index in [1.807, 2.05) is 30.3 Å². The first-order valence-corrected chi connectivity index (χ1v) is 5.59. The molecule has 0 aliphatic heterocycles. The predicted molar refractivity (Wildman–Crippen MR) is 68.3 cm³/mol. The van der Waals surface area contributed by atoms with Gasteiger partial charge < -0.3 is 0 Å². The van der Waals surface area contributed by atoms with Crippen molar-refractivity contribution in [1.82, 2.24) is 5.43 Å². The van der Waals surface area contributed by atoms with E-state index in [1.54, 1.807) is 18.2 Å². The highest BCUT2D eigenvalue weighted by Crippen LogP contribution is 2.07. The van der Waals surface area contributed by atoms with Crippen molar-refractivity contribution in [2.75, 3.05) is 5.43 Å². The van der Waals surface area contributed by atoms with Crippen molar-refractivity contribution in [2.24, 2.45) is 0 Å². The van der Waals surface area contributed by atoms with Gasteiger partial charge in [0.05, 0.1) is 12.1 Å². The molecule has 3 nitrogen and oxygen atoms in total. The van der Waals surface area contributed by atoms with Crippen LogP contribution in [0.1, 0.15) is 5.56 Å². The first-order chi connectivity index (χ1) is 8.75. The normalized spacial score (nSPS) is 9.83. The number of carbonyl (C=O) groups is 1. The van der Waals surface area contributed by atoms with Crippen LogP contribution in [0, 0.1) is 5.82 Å². The molecule has 2 aromatic rings. The van der Waals surface area contributed by atoms with Crippen molar-refractivity contribution in [3.63, 3.8) is 0 Å². The second-order valence-corrected chi connectivity index (χ2v) is 3.81. The van der Waals surface area contributed by atoms with Gasteiger partial charge in [0.1, 0.15) is 5.82 Å². The Morgan fingerprint density at radius 2 is 1.67 bits per heavy atom. The monoisotopic (exact) mass is 244 g/mol. The smallest absolute Gasteiger partial charge is 0.242 e. The molecule has 2 rings (SSSR count). The zero-order valence-electron chi connectivity index (χ0n) is 9.69. The fourth-order valence-electron chi connectivity index (χ4n) is 1.52. The highest BCUT2D eigenvalue weighted by molar-refractivity contribution is 5.79. The van der Waals surface area contributed by atoms with Gasteiger partial charge in [-0.25, -0.2) is 4.39 Å². The topological polar surface area (TPSA) is 41.1 Å². The molecule has 0 aliphatic carbocycles. The van der Waals surface area contributed by atoms with Gasteiger partial charge in [0.15, 0.2) is 0 Å². The van der Waals surface area contributed by atoms with E-state index < -0.39 is 0 Å². The molecule has 92 valence electrons. The standard InChI is InChI=1S/C14H13FN2O/c15-13-9-5-4-6-11(13)10-14(18)17-16-12-7-2-1-3-8-12/h1-9,16H,10H2,(H,17,18). The fraction of sp³-hybridized carbons (Fsp3) is 0.0714. The van der Waals surface area contributed by atoms with Crippen molar-refractivity contribution >= 4 is 11.6 Å². The maximum absolute atomic E-state index is 13.3. The molecule has 0 spiro atoms. The first-order valence-electron chi connectivity index (χ1n) is 5.59. The van der Waals surface area contributed by atoms with Crippen LogP contribution in [0.3, 0.4) is 0 Å². The Hall–Kier alpha value is -2.36. The molecule has 0 saturated heterocycles. The van der Waals surface area contributed by atoms with E-state index in [2.05, 4.69) is 10.9 Å². The zero-order chi connectivity index (χ0) is 12.8. The van der Waals surface area contributed by atoms with Crippen LogP contribution in [0.2, 0.25) is 0 Å². The summed E-state index contributed by atoms with van der Waals surface area (Å²) in [5.41, 5.74) is 6.44. The van der Waals surface area contributed by atoms with E-state index in [-0.39, 0.29) is 18.1 Å². The molecule has 0 fully saturated rings. The highest BCUT2D eigenvalue weighted by Gasteiger charge is 2.06. The highest BCUT2D eigenvalue weighted by atomic mass is 19.1. The average Bonchev–Trinajstić information content (AvgIpc) is 2.40. The van der Waals surface area contributed by atoms with Crippen LogP contribution in [0.5, 0.6) is 0 Å². The third-order valence-corrected chi connectivity index (χ3v) is 2.43. The predicted octanol–water partition coefficient (Wildman–Crippen LogP) is 2.51. The summed E-state index contributed by atoms with van der Waals surface area (Å²) in [7, 11) is 0. The third kappa shape index (κ3) is 3.31. The van der Waals surface area contributed by atoms with Gasteiger partial charge in [0, 0.05) is 0 Å². The molecule has 2 N–H and O–H groups in total.